The van der Waals surface area contributed by atoms with E-state index in [0.717, 1.165) is 19.4 Å². The van der Waals surface area contributed by atoms with Crippen LogP contribution in [0, 0.1) is 6.92 Å². The van der Waals surface area contributed by atoms with Crippen LogP contribution in [0.25, 0.3) is 0 Å². The van der Waals surface area contributed by atoms with E-state index in [1.807, 2.05) is 6.92 Å². The fraction of sp³-hybridized carbons (Fsp3) is 0.562. The number of nitrogens with one attached hydrogen (secondary N) is 1. The lowest BCUT2D eigenvalue weighted by Crippen LogP contribution is -2.57. The van der Waals surface area contributed by atoms with Gasteiger partial charge in [-0.1, -0.05) is 17.7 Å². The zero-order valence-electron chi connectivity index (χ0n) is 12.8. The average Bonchev–Trinajstić information content (AvgIpc) is 2.46. The minimum Gasteiger partial charge on any atom is -0.468 e. The fourth-order valence-corrected chi connectivity index (χ4v) is 2.82. The molecule has 4 heteroatoms. The summed E-state index contributed by atoms with van der Waals surface area (Å²) in [4.78, 5) is 14.3. The number of benzene rings is 1. The first-order valence-corrected chi connectivity index (χ1v) is 7.12. The van der Waals surface area contributed by atoms with Crippen LogP contribution in [0.4, 0.5) is 5.69 Å². The van der Waals surface area contributed by atoms with Crippen LogP contribution in [0.2, 0.25) is 0 Å². The maximum absolute atomic E-state index is 12.0. The molecule has 1 aromatic rings. The first-order valence-electron chi connectivity index (χ1n) is 7.12. The van der Waals surface area contributed by atoms with Crippen LogP contribution < -0.4 is 10.2 Å². The van der Waals surface area contributed by atoms with Crippen LogP contribution in [0.5, 0.6) is 0 Å². The molecule has 2 rings (SSSR count). The largest absolute Gasteiger partial charge is 0.468 e. The molecular weight excluding hydrogens is 252 g/mol. The summed E-state index contributed by atoms with van der Waals surface area (Å²) in [6.45, 7) is 5.60. The molecule has 1 aliphatic rings. The quantitative estimate of drug-likeness (QED) is 0.853. The Morgan fingerprint density at radius 1 is 1.50 bits per heavy atom. The Morgan fingerprint density at radius 3 is 2.90 bits per heavy atom. The summed E-state index contributed by atoms with van der Waals surface area (Å²) in [6.07, 6.45) is 2.24. The molecule has 20 heavy (non-hydrogen) atoms. The lowest BCUT2D eigenvalue weighted by Gasteiger charge is -2.38. The van der Waals surface area contributed by atoms with E-state index in [-0.39, 0.29) is 5.97 Å². The van der Waals surface area contributed by atoms with E-state index in [4.69, 9.17) is 4.74 Å². The molecule has 1 N–H and O–H groups in total. The maximum Gasteiger partial charge on any atom is 0.327 e. The van der Waals surface area contributed by atoms with Crippen molar-refractivity contribution < 1.29 is 9.53 Å². The highest BCUT2D eigenvalue weighted by Gasteiger charge is 2.35. The second-order valence-corrected chi connectivity index (χ2v) is 5.73. The Morgan fingerprint density at radius 2 is 2.25 bits per heavy atom. The summed E-state index contributed by atoms with van der Waals surface area (Å²) in [5, 5.41) is 3.10. The third kappa shape index (κ3) is 2.80. The summed E-state index contributed by atoms with van der Waals surface area (Å²) in [7, 11) is 3.24. The van der Waals surface area contributed by atoms with Gasteiger partial charge < -0.3 is 15.0 Å². The Bertz CT molecular complexity index is 501. The molecule has 1 atom stereocenters. The molecule has 0 amide bonds. The van der Waals surface area contributed by atoms with Crippen LogP contribution in [0.3, 0.4) is 0 Å². The monoisotopic (exact) mass is 276 g/mol. The summed E-state index contributed by atoms with van der Waals surface area (Å²) in [5.74, 6) is -0.223. The van der Waals surface area contributed by atoms with Gasteiger partial charge in [0.1, 0.15) is 5.54 Å². The van der Waals surface area contributed by atoms with Gasteiger partial charge in [0.05, 0.1) is 7.11 Å². The third-order valence-corrected chi connectivity index (χ3v) is 4.14. The molecule has 4 nitrogen and oxygen atoms in total. The number of ether oxygens (including phenoxy) is 1. The van der Waals surface area contributed by atoms with Crippen molar-refractivity contribution in [2.24, 2.45) is 0 Å². The molecule has 1 aromatic carbocycles. The van der Waals surface area contributed by atoms with Gasteiger partial charge in [0.25, 0.3) is 0 Å². The number of carbonyl (C=O) groups excluding carboxylic acids is 1. The van der Waals surface area contributed by atoms with Crippen molar-refractivity contribution in [1.82, 2.24) is 5.32 Å². The van der Waals surface area contributed by atoms with Gasteiger partial charge in [0, 0.05) is 18.8 Å². The summed E-state index contributed by atoms with van der Waals surface area (Å²) >= 11 is 0. The Balaban J connectivity index is 2.25. The van der Waals surface area contributed by atoms with Crippen LogP contribution >= 0.6 is 0 Å². The molecule has 110 valence electrons. The first-order chi connectivity index (χ1) is 9.50. The Kier molecular flexibility index (Phi) is 4.33. The number of hydrogen-bond donors (Lipinski definition) is 1. The van der Waals surface area contributed by atoms with E-state index >= 15 is 0 Å². The highest BCUT2D eigenvalue weighted by molar-refractivity contribution is 5.81. The zero-order chi connectivity index (χ0) is 14.8. The number of rotatable bonds is 4. The van der Waals surface area contributed by atoms with E-state index in [2.05, 4.69) is 35.3 Å². The number of aryl methyl sites for hydroxylation is 2. The smallest absolute Gasteiger partial charge is 0.327 e. The van der Waals surface area contributed by atoms with E-state index in [1.54, 1.807) is 7.05 Å². The number of carbonyl (C=O) groups is 1. The minimum absolute atomic E-state index is 0.223. The molecule has 0 bridgehead atoms. The van der Waals surface area contributed by atoms with Crippen molar-refractivity contribution in [3.63, 3.8) is 0 Å². The van der Waals surface area contributed by atoms with E-state index < -0.39 is 5.54 Å². The number of methoxy groups -OCH3 is 1. The van der Waals surface area contributed by atoms with E-state index in [9.17, 15) is 4.79 Å². The van der Waals surface area contributed by atoms with Gasteiger partial charge in [-0.2, -0.15) is 0 Å². The number of hydrogen-bond acceptors (Lipinski definition) is 4. The number of anilines is 1. The van der Waals surface area contributed by atoms with Crippen LogP contribution in [-0.2, 0) is 16.0 Å². The van der Waals surface area contributed by atoms with E-state index in [0.29, 0.717) is 6.54 Å². The van der Waals surface area contributed by atoms with Crippen molar-refractivity contribution in [2.75, 3.05) is 32.1 Å². The van der Waals surface area contributed by atoms with Crippen LogP contribution in [0.1, 0.15) is 24.5 Å². The second-order valence-electron chi connectivity index (χ2n) is 5.73. The molecule has 0 saturated heterocycles. The molecular formula is C16H24N2O2. The average molecular weight is 276 g/mol. The molecule has 1 unspecified atom stereocenters. The number of likely N-dealkylation sites (N-methyl/N-ethyl adjacent to an activating group) is 1. The maximum atomic E-state index is 12.0. The lowest BCUT2D eigenvalue weighted by atomic mass is 9.96. The third-order valence-electron chi connectivity index (χ3n) is 4.14. The predicted octanol–water partition coefficient (Wildman–Crippen LogP) is 1.90. The van der Waals surface area contributed by atoms with Crippen molar-refractivity contribution in [3.8, 4) is 0 Å². The Hall–Kier alpha value is -1.55. The molecule has 0 aromatic heterocycles. The minimum atomic E-state index is -0.686. The molecule has 0 saturated carbocycles. The fourth-order valence-electron chi connectivity index (χ4n) is 2.82. The highest BCUT2D eigenvalue weighted by Crippen LogP contribution is 2.29. The number of nitrogens with zero attached hydrogens (tertiary/aromatic N) is 1. The molecule has 1 aliphatic heterocycles. The molecule has 0 aliphatic carbocycles. The van der Waals surface area contributed by atoms with Gasteiger partial charge in [-0.15, -0.1) is 0 Å². The van der Waals surface area contributed by atoms with Gasteiger partial charge in [-0.25, -0.2) is 4.79 Å². The zero-order valence-corrected chi connectivity index (χ0v) is 12.8. The van der Waals surface area contributed by atoms with Gasteiger partial charge in [0.15, 0.2) is 0 Å². The number of fused-ring (bicyclic) bond motifs is 1. The van der Waals surface area contributed by atoms with Crippen LogP contribution in [0.15, 0.2) is 18.2 Å². The van der Waals surface area contributed by atoms with Gasteiger partial charge in [-0.05, 0) is 45.4 Å². The molecule has 0 radical (unpaired) electrons. The van der Waals surface area contributed by atoms with Crippen molar-refractivity contribution in [2.45, 2.75) is 32.2 Å². The number of esters is 1. The van der Waals surface area contributed by atoms with Crippen molar-refractivity contribution in [3.05, 3.63) is 29.3 Å². The van der Waals surface area contributed by atoms with Gasteiger partial charge in [-0.3, -0.25) is 0 Å². The Labute approximate surface area is 121 Å². The van der Waals surface area contributed by atoms with Crippen molar-refractivity contribution in [1.29, 1.82) is 0 Å². The lowest BCUT2D eigenvalue weighted by molar-refractivity contribution is -0.147. The normalized spacial score (nSPS) is 17.3. The SMILES string of the molecule is CNC(C)(CN1CCCc2cc(C)ccc21)C(=O)OC. The summed E-state index contributed by atoms with van der Waals surface area (Å²) < 4.78 is 4.93. The van der Waals surface area contributed by atoms with Gasteiger partial charge in [0.2, 0.25) is 0 Å². The summed E-state index contributed by atoms with van der Waals surface area (Å²) in [6, 6.07) is 6.54. The first kappa shape index (κ1) is 14.9. The van der Waals surface area contributed by atoms with Gasteiger partial charge >= 0.3 is 5.97 Å². The molecule has 0 spiro atoms. The van der Waals surface area contributed by atoms with Crippen LogP contribution in [-0.4, -0.2) is 38.8 Å². The topological polar surface area (TPSA) is 41.6 Å². The second kappa shape index (κ2) is 5.83. The van der Waals surface area contributed by atoms with Crippen molar-refractivity contribution >= 4 is 11.7 Å². The standard InChI is InChI=1S/C16H24N2O2/c1-12-7-8-14-13(10-12)6-5-9-18(14)11-16(2,17-3)15(19)20-4/h7-8,10,17H,5-6,9,11H2,1-4H3. The molecule has 0 fully saturated rings. The molecule has 1 heterocycles. The summed E-state index contributed by atoms with van der Waals surface area (Å²) in [5.41, 5.74) is 3.22. The van der Waals surface area contributed by atoms with E-state index in [1.165, 1.54) is 23.9 Å². The predicted molar refractivity (Wildman–Crippen MR) is 81.2 cm³/mol. The highest BCUT2D eigenvalue weighted by atomic mass is 16.5.